The fraction of sp³-hybridized carbons (Fsp3) is 0.200. The van der Waals surface area contributed by atoms with Gasteiger partial charge < -0.3 is 10.5 Å². The summed E-state index contributed by atoms with van der Waals surface area (Å²) in [6.07, 6.45) is 0. The van der Waals surface area contributed by atoms with Crippen LogP contribution in [0.15, 0.2) is 40.9 Å². The van der Waals surface area contributed by atoms with Gasteiger partial charge in [-0.2, -0.15) is 0 Å². The van der Waals surface area contributed by atoms with Crippen LogP contribution in [0.3, 0.4) is 0 Å². The number of benzene rings is 2. The third kappa shape index (κ3) is 3.14. The number of halogens is 2. The van der Waals surface area contributed by atoms with Gasteiger partial charge >= 0.3 is 0 Å². The standard InChI is InChI=1S/C15H15BrFNO/c1-9-5-10(7-11(16)6-9)15(18)13-8-12(17)3-4-14(13)19-2/h3-8,15H,18H2,1-2H3. The molecule has 0 saturated heterocycles. The van der Waals surface area contributed by atoms with E-state index in [2.05, 4.69) is 15.9 Å². The largest absolute Gasteiger partial charge is 0.496 e. The molecule has 0 spiro atoms. The van der Waals surface area contributed by atoms with Gasteiger partial charge in [-0.15, -0.1) is 0 Å². The average molecular weight is 324 g/mol. The second kappa shape index (κ2) is 5.72. The van der Waals surface area contributed by atoms with Gasteiger partial charge in [-0.05, 0) is 48.4 Å². The summed E-state index contributed by atoms with van der Waals surface area (Å²) in [5.74, 6) is 0.268. The first-order chi connectivity index (χ1) is 9.01. The molecule has 1 unspecified atom stereocenters. The minimum Gasteiger partial charge on any atom is -0.496 e. The van der Waals surface area contributed by atoms with Crippen LogP contribution in [0.2, 0.25) is 0 Å². The first-order valence-corrected chi connectivity index (χ1v) is 6.66. The first kappa shape index (κ1) is 14.0. The number of methoxy groups -OCH3 is 1. The Labute approximate surface area is 120 Å². The minimum atomic E-state index is -0.429. The van der Waals surface area contributed by atoms with E-state index in [1.54, 1.807) is 13.2 Å². The van der Waals surface area contributed by atoms with E-state index in [0.29, 0.717) is 11.3 Å². The predicted octanol–water partition coefficient (Wildman–Crippen LogP) is 3.95. The van der Waals surface area contributed by atoms with Gasteiger partial charge in [-0.3, -0.25) is 0 Å². The van der Waals surface area contributed by atoms with Crippen molar-refractivity contribution in [3.05, 3.63) is 63.4 Å². The summed E-state index contributed by atoms with van der Waals surface area (Å²) in [6.45, 7) is 1.99. The molecule has 0 saturated carbocycles. The van der Waals surface area contributed by atoms with Crippen LogP contribution >= 0.6 is 15.9 Å². The third-order valence-corrected chi connectivity index (χ3v) is 3.41. The summed E-state index contributed by atoms with van der Waals surface area (Å²) in [7, 11) is 1.55. The lowest BCUT2D eigenvalue weighted by Crippen LogP contribution is -2.13. The number of rotatable bonds is 3. The van der Waals surface area contributed by atoms with Crippen molar-refractivity contribution in [3.63, 3.8) is 0 Å². The molecule has 100 valence electrons. The van der Waals surface area contributed by atoms with E-state index in [-0.39, 0.29) is 5.82 Å². The van der Waals surface area contributed by atoms with Crippen molar-refractivity contribution >= 4 is 15.9 Å². The van der Waals surface area contributed by atoms with Gasteiger partial charge in [-0.1, -0.05) is 22.0 Å². The van der Waals surface area contributed by atoms with Crippen molar-refractivity contribution in [1.29, 1.82) is 0 Å². The zero-order valence-electron chi connectivity index (χ0n) is 10.8. The van der Waals surface area contributed by atoms with E-state index in [1.807, 2.05) is 25.1 Å². The molecule has 0 aliphatic heterocycles. The SMILES string of the molecule is COc1ccc(F)cc1C(N)c1cc(C)cc(Br)c1. The van der Waals surface area contributed by atoms with Crippen LogP contribution in [0, 0.1) is 12.7 Å². The molecule has 0 radical (unpaired) electrons. The molecular formula is C15H15BrFNO. The maximum atomic E-state index is 13.4. The van der Waals surface area contributed by atoms with Gasteiger partial charge in [0.2, 0.25) is 0 Å². The Bertz CT molecular complexity index is 580. The lowest BCUT2D eigenvalue weighted by atomic mass is 9.97. The third-order valence-electron chi connectivity index (χ3n) is 2.95. The topological polar surface area (TPSA) is 35.2 Å². The fourth-order valence-corrected chi connectivity index (χ4v) is 2.70. The molecule has 2 nitrogen and oxygen atoms in total. The highest BCUT2D eigenvalue weighted by molar-refractivity contribution is 9.10. The number of aryl methyl sites for hydroxylation is 1. The smallest absolute Gasteiger partial charge is 0.124 e. The number of hydrogen-bond acceptors (Lipinski definition) is 2. The summed E-state index contributed by atoms with van der Waals surface area (Å²) in [4.78, 5) is 0. The Morgan fingerprint density at radius 2 is 1.95 bits per heavy atom. The van der Waals surface area contributed by atoms with Gasteiger partial charge in [0, 0.05) is 10.0 Å². The molecule has 2 N–H and O–H groups in total. The first-order valence-electron chi connectivity index (χ1n) is 5.87. The molecule has 0 aromatic heterocycles. The van der Waals surface area contributed by atoms with Crippen LogP contribution in [0.1, 0.15) is 22.7 Å². The van der Waals surface area contributed by atoms with Gasteiger partial charge in [0.15, 0.2) is 0 Å². The molecule has 2 aromatic rings. The maximum Gasteiger partial charge on any atom is 0.124 e. The molecule has 0 aliphatic rings. The molecule has 0 aliphatic carbocycles. The van der Waals surface area contributed by atoms with E-state index in [9.17, 15) is 4.39 Å². The Morgan fingerprint density at radius 3 is 2.58 bits per heavy atom. The number of ether oxygens (including phenoxy) is 1. The Balaban J connectivity index is 2.48. The lowest BCUT2D eigenvalue weighted by molar-refractivity contribution is 0.406. The van der Waals surface area contributed by atoms with Gasteiger partial charge in [0.25, 0.3) is 0 Å². The predicted molar refractivity (Wildman–Crippen MR) is 77.9 cm³/mol. The molecule has 0 amide bonds. The molecule has 1 atom stereocenters. The molecule has 4 heteroatoms. The Kier molecular flexibility index (Phi) is 4.22. The zero-order valence-corrected chi connectivity index (χ0v) is 12.4. The second-order valence-corrected chi connectivity index (χ2v) is 5.34. The molecule has 0 fully saturated rings. The Morgan fingerprint density at radius 1 is 1.21 bits per heavy atom. The molecule has 2 rings (SSSR count). The highest BCUT2D eigenvalue weighted by Gasteiger charge is 2.15. The molecular weight excluding hydrogens is 309 g/mol. The summed E-state index contributed by atoms with van der Waals surface area (Å²) in [5, 5.41) is 0. The van der Waals surface area contributed by atoms with Gasteiger partial charge in [-0.25, -0.2) is 4.39 Å². The normalized spacial score (nSPS) is 12.3. The molecule has 0 heterocycles. The van der Waals surface area contributed by atoms with Gasteiger partial charge in [0.05, 0.1) is 13.2 Å². The van der Waals surface area contributed by atoms with Crippen LogP contribution < -0.4 is 10.5 Å². The Hall–Kier alpha value is -1.39. The summed E-state index contributed by atoms with van der Waals surface area (Å²) < 4.78 is 19.6. The zero-order chi connectivity index (χ0) is 14.0. The average Bonchev–Trinajstić information content (AvgIpc) is 2.36. The van der Waals surface area contributed by atoms with Crippen molar-refractivity contribution < 1.29 is 9.13 Å². The van der Waals surface area contributed by atoms with E-state index < -0.39 is 6.04 Å². The summed E-state index contributed by atoms with van der Waals surface area (Å²) in [5.41, 5.74) is 8.88. The van der Waals surface area contributed by atoms with E-state index in [1.165, 1.54) is 12.1 Å². The van der Waals surface area contributed by atoms with Crippen LogP contribution in [0.4, 0.5) is 4.39 Å². The quantitative estimate of drug-likeness (QED) is 0.928. The van der Waals surface area contributed by atoms with Gasteiger partial charge in [0.1, 0.15) is 11.6 Å². The van der Waals surface area contributed by atoms with Crippen molar-refractivity contribution in [1.82, 2.24) is 0 Å². The fourth-order valence-electron chi connectivity index (χ4n) is 2.07. The highest BCUT2D eigenvalue weighted by Crippen LogP contribution is 2.30. The van der Waals surface area contributed by atoms with Crippen molar-refractivity contribution in [3.8, 4) is 5.75 Å². The van der Waals surface area contributed by atoms with E-state index in [4.69, 9.17) is 10.5 Å². The highest BCUT2D eigenvalue weighted by atomic mass is 79.9. The van der Waals surface area contributed by atoms with Crippen LogP contribution in [-0.4, -0.2) is 7.11 Å². The maximum absolute atomic E-state index is 13.4. The van der Waals surface area contributed by atoms with Crippen molar-refractivity contribution in [2.45, 2.75) is 13.0 Å². The molecule has 2 aromatic carbocycles. The van der Waals surface area contributed by atoms with Crippen molar-refractivity contribution in [2.24, 2.45) is 5.73 Å². The molecule has 19 heavy (non-hydrogen) atoms. The minimum absolute atomic E-state index is 0.321. The molecule has 0 bridgehead atoms. The summed E-state index contributed by atoms with van der Waals surface area (Å²) >= 11 is 3.44. The number of nitrogens with two attached hydrogens (primary N) is 1. The van der Waals surface area contributed by atoms with Crippen LogP contribution in [0.5, 0.6) is 5.75 Å². The monoisotopic (exact) mass is 323 g/mol. The second-order valence-electron chi connectivity index (χ2n) is 4.43. The lowest BCUT2D eigenvalue weighted by Gasteiger charge is -2.17. The van der Waals surface area contributed by atoms with Crippen LogP contribution in [-0.2, 0) is 0 Å². The summed E-state index contributed by atoms with van der Waals surface area (Å²) in [6, 6.07) is 9.86. The van der Waals surface area contributed by atoms with E-state index >= 15 is 0 Å². The van der Waals surface area contributed by atoms with Crippen LogP contribution in [0.25, 0.3) is 0 Å². The van der Waals surface area contributed by atoms with E-state index in [0.717, 1.165) is 15.6 Å². The number of hydrogen-bond donors (Lipinski definition) is 1. The van der Waals surface area contributed by atoms with Crippen molar-refractivity contribution in [2.75, 3.05) is 7.11 Å².